The van der Waals surface area contributed by atoms with Gasteiger partial charge < -0.3 is 9.42 Å². The third-order valence-electron chi connectivity index (χ3n) is 5.10. The van der Waals surface area contributed by atoms with Gasteiger partial charge in [-0.1, -0.05) is 24.4 Å². The van der Waals surface area contributed by atoms with Gasteiger partial charge in [0, 0.05) is 32.7 Å². The van der Waals surface area contributed by atoms with Crippen LogP contribution in [0.15, 0.2) is 4.52 Å². The van der Waals surface area contributed by atoms with Crippen molar-refractivity contribution in [2.24, 2.45) is 5.92 Å². The summed E-state index contributed by atoms with van der Waals surface area (Å²) >= 11 is 0. The molecule has 1 aliphatic carbocycles. The largest absolute Gasteiger partial charge is 0.338 e. The summed E-state index contributed by atoms with van der Waals surface area (Å²) in [6.45, 7) is 9.92. The van der Waals surface area contributed by atoms with Crippen molar-refractivity contribution in [1.29, 1.82) is 0 Å². The molecule has 5 heteroatoms. The maximum atomic E-state index is 5.31. The van der Waals surface area contributed by atoms with Gasteiger partial charge in [0.1, 0.15) is 0 Å². The van der Waals surface area contributed by atoms with E-state index in [0.717, 1.165) is 30.7 Å². The molecule has 1 aliphatic heterocycles. The van der Waals surface area contributed by atoms with Gasteiger partial charge in [0.05, 0.1) is 6.04 Å². The number of piperazine rings is 1. The van der Waals surface area contributed by atoms with Crippen LogP contribution in [0, 0.1) is 12.8 Å². The Kier molecular flexibility index (Phi) is 4.91. The van der Waals surface area contributed by atoms with Gasteiger partial charge >= 0.3 is 0 Å². The second-order valence-corrected chi connectivity index (χ2v) is 6.70. The number of aryl methyl sites for hydroxylation is 1. The smallest absolute Gasteiger partial charge is 0.243 e. The van der Waals surface area contributed by atoms with Gasteiger partial charge in [-0.2, -0.15) is 4.98 Å². The Hall–Kier alpha value is -0.940. The molecule has 1 aromatic rings. The minimum atomic E-state index is 0.239. The molecule has 21 heavy (non-hydrogen) atoms. The molecule has 1 atom stereocenters. The van der Waals surface area contributed by atoms with Crippen molar-refractivity contribution in [1.82, 2.24) is 19.9 Å². The highest BCUT2D eigenvalue weighted by molar-refractivity contribution is 4.92. The number of hydrogen-bond donors (Lipinski definition) is 0. The third kappa shape index (κ3) is 3.83. The first-order valence-electron chi connectivity index (χ1n) is 8.49. The summed E-state index contributed by atoms with van der Waals surface area (Å²) in [7, 11) is 0. The first-order chi connectivity index (χ1) is 10.2. The van der Waals surface area contributed by atoms with Crippen molar-refractivity contribution in [2.45, 2.75) is 52.0 Å². The quantitative estimate of drug-likeness (QED) is 0.853. The van der Waals surface area contributed by atoms with E-state index in [1.165, 1.54) is 51.7 Å². The minimum absolute atomic E-state index is 0.239. The van der Waals surface area contributed by atoms with E-state index in [1.807, 2.05) is 6.92 Å². The summed E-state index contributed by atoms with van der Waals surface area (Å²) in [5.74, 6) is 2.43. The molecule has 1 saturated carbocycles. The minimum Gasteiger partial charge on any atom is -0.338 e. The van der Waals surface area contributed by atoms with E-state index in [2.05, 4.69) is 26.9 Å². The van der Waals surface area contributed by atoms with Crippen LogP contribution < -0.4 is 0 Å². The average molecular weight is 292 g/mol. The van der Waals surface area contributed by atoms with Gasteiger partial charge in [-0.15, -0.1) is 0 Å². The molecule has 3 rings (SSSR count). The fraction of sp³-hybridized carbons (Fsp3) is 0.875. The van der Waals surface area contributed by atoms with Crippen molar-refractivity contribution < 1.29 is 4.52 Å². The van der Waals surface area contributed by atoms with Gasteiger partial charge in [0.15, 0.2) is 5.82 Å². The summed E-state index contributed by atoms with van der Waals surface area (Å²) in [5.41, 5.74) is 0. The molecular formula is C16H28N4O. The lowest BCUT2D eigenvalue weighted by molar-refractivity contribution is 0.0749. The van der Waals surface area contributed by atoms with E-state index >= 15 is 0 Å². The van der Waals surface area contributed by atoms with Gasteiger partial charge in [-0.25, -0.2) is 0 Å². The fourth-order valence-corrected chi connectivity index (χ4v) is 3.71. The number of rotatable bonds is 4. The van der Waals surface area contributed by atoms with Crippen LogP contribution in [0.25, 0.3) is 0 Å². The van der Waals surface area contributed by atoms with Gasteiger partial charge in [-0.05, 0) is 32.6 Å². The van der Waals surface area contributed by atoms with E-state index in [9.17, 15) is 0 Å². The number of aromatic nitrogens is 2. The van der Waals surface area contributed by atoms with Gasteiger partial charge in [0.25, 0.3) is 0 Å². The van der Waals surface area contributed by atoms with Crippen molar-refractivity contribution in [3.05, 3.63) is 11.7 Å². The van der Waals surface area contributed by atoms with Crippen LogP contribution in [-0.2, 0) is 0 Å². The maximum absolute atomic E-state index is 5.31. The van der Waals surface area contributed by atoms with Crippen LogP contribution in [0.5, 0.6) is 0 Å². The molecule has 0 bridgehead atoms. The highest BCUT2D eigenvalue weighted by Crippen LogP contribution is 2.25. The summed E-state index contributed by atoms with van der Waals surface area (Å²) in [5, 5.41) is 3.90. The number of hydrogen-bond acceptors (Lipinski definition) is 5. The third-order valence-corrected chi connectivity index (χ3v) is 5.10. The SMILES string of the molecule is Cc1noc([C@@H](C)N2CCN(CC3CCCCC3)CC2)n1. The molecule has 0 radical (unpaired) electrons. The molecule has 0 aromatic carbocycles. The first kappa shape index (κ1) is 15.0. The standard InChI is InChI=1S/C16H28N4O/c1-13(16-17-14(2)18-21-16)20-10-8-19(9-11-20)12-15-6-4-3-5-7-15/h13,15H,3-12H2,1-2H3/t13-/m1/s1. The lowest BCUT2D eigenvalue weighted by Gasteiger charge is -2.38. The highest BCUT2D eigenvalue weighted by atomic mass is 16.5. The summed E-state index contributed by atoms with van der Waals surface area (Å²) in [4.78, 5) is 9.48. The Labute approximate surface area is 127 Å². The van der Waals surface area contributed by atoms with Crippen LogP contribution >= 0.6 is 0 Å². The Morgan fingerprint density at radius 3 is 2.48 bits per heavy atom. The van der Waals surface area contributed by atoms with Gasteiger partial charge in [0.2, 0.25) is 5.89 Å². The van der Waals surface area contributed by atoms with E-state index in [1.54, 1.807) is 0 Å². The molecule has 1 aromatic heterocycles. The maximum Gasteiger partial charge on any atom is 0.243 e. The Balaban J connectivity index is 1.46. The topological polar surface area (TPSA) is 45.4 Å². The molecule has 0 spiro atoms. The van der Waals surface area contributed by atoms with Crippen LogP contribution in [-0.4, -0.2) is 52.7 Å². The summed E-state index contributed by atoms with van der Waals surface area (Å²) in [6, 6.07) is 0.239. The normalized spacial score (nSPS) is 24.3. The van der Waals surface area contributed by atoms with Crippen molar-refractivity contribution >= 4 is 0 Å². The highest BCUT2D eigenvalue weighted by Gasteiger charge is 2.26. The Bertz CT molecular complexity index is 433. The average Bonchev–Trinajstić information content (AvgIpc) is 2.95. The van der Waals surface area contributed by atoms with Crippen LogP contribution in [0.4, 0.5) is 0 Å². The molecule has 0 unspecified atom stereocenters. The monoisotopic (exact) mass is 292 g/mol. The van der Waals surface area contributed by atoms with E-state index in [0.29, 0.717) is 0 Å². The van der Waals surface area contributed by atoms with Crippen molar-refractivity contribution in [3.63, 3.8) is 0 Å². The first-order valence-corrected chi connectivity index (χ1v) is 8.49. The predicted molar refractivity (Wildman–Crippen MR) is 82.0 cm³/mol. The summed E-state index contributed by atoms with van der Waals surface area (Å²) in [6.07, 6.45) is 7.22. The zero-order chi connectivity index (χ0) is 14.7. The molecule has 2 heterocycles. The lowest BCUT2D eigenvalue weighted by atomic mass is 9.89. The van der Waals surface area contributed by atoms with Crippen LogP contribution in [0.2, 0.25) is 0 Å². The zero-order valence-electron chi connectivity index (χ0n) is 13.4. The fourth-order valence-electron chi connectivity index (χ4n) is 3.71. The second kappa shape index (κ2) is 6.88. The van der Waals surface area contributed by atoms with Crippen LogP contribution in [0.3, 0.4) is 0 Å². The Morgan fingerprint density at radius 2 is 1.86 bits per heavy atom. The molecule has 0 amide bonds. The number of nitrogens with zero attached hydrogens (tertiary/aromatic N) is 4. The van der Waals surface area contributed by atoms with Crippen molar-refractivity contribution in [2.75, 3.05) is 32.7 Å². The van der Waals surface area contributed by atoms with E-state index in [-0.39, 0.29) is 6.04 Å². The van der Waals surface area contributed by atoms with E-state index in [4.69, 9.17) is 4.52 Å². The molecule has 2 fully saturated rings. The molecule has 118 valence electrons. The molecular weight excluding hydrogens is 264 g/mol. The molecule has 1 saturated heterocycles. The summed E-state index contributed by atoms with van der Waals surface area (Å²) < 4.78 is 5.31. The predicted octanol–water partition coefficient (Wildman–Crippen LogP) is 2.64. The van der Waals surface area contributed by atoms with Crippen molar-refractivity contribution in [3.8, 4) is 0 Å². The Morgan fingerprint density at radius 1 is 1.14 bits per heavy atom. The lowest BCUT2D eigenvalue weighted by Crippen LogP contribution is -2.48. The zero-order valence-corrected chi connectivity index (χ0v) is 13.4. The van der Waals surface area contributed by atoms with Gasteiger partial charge in [-0.3, -0.25) is 4.90 Å². The molecule has 0 N–H and O–H groups in total. The van der Waals surface area contributed by atoms with E-state index < -0.39 is 0 Å². The molecule has 2 aliphatic rings. The second-order valence-electron chi connectivity index (χ2n) is 6.70. The van der Waals surface area contributed by atoms with Crippen LogP contribution in [0.1, 0.15) is 56.8 Å². The molecule has 5 nitrogen and oxygen atoms in total.